The fourth-order valence-corrected chi connectivity index (χ4v) is 2.66. The Morgan fingerprint density at radius 2 is 1.63 bits per heavy atom. The van der Waals surface area contributed by atoms with Gasteiger partial charge in [-0.05, 0) is 36.2 Å². The lowest BCUT2D eigenvalue weighted by atomic mass is 9.95. The molecule has 1 unspecified atom stereocenters. The van der Waals surface area contributed by atoms with Crippen LogP contribution in [-0.4, -0.2) is 7.05 Å². The Bertz CT molecular complexity index is 574. The van der Waals surface area contributed by atoms with Gasteiger partial charge in [-0.1, -0.05) is 48.0 Å². The van der Waals surface area contributed by atoms with Crippen LogP contribution in [0.3, 0.4) is 0 Å². The van der Waals surface area contributed by atoms with Crippen molar-refractivity contribution in [1.82, 2.24) is 5.32 Å². The molecule has 0 radical (unpaired) electrons. The van der Waals surface area contributed by atoms with Crippen LogP contribution in [-0.2, 0) is 18.0 Å². The summed E-state index contributed by atoms with van der Waals surface area (Å²) in [6.45, 7) is 3.61. The van der Waals surface area contributed by atoms with Crippen molar-refractivity contribution in [2.24, 2.45) is 0 Å². The van der Waals surface area contributed by atoms with Gasteiger partial charge in [-0.3, -0.25) is 0 Å². The number of hydrogen-bond donors (Lipinski definition) is 1. The first-order chi connectivity index (χ1) is 9.28. The van der Waals surface area contributed by atoms with Gasteiger partial charge in [-0.25, -0.2) is 0 Å². The summed E-state index contributed by atoms with van der Waals surface area (Å²) in [5.41, 5.74) is 6.54. The number of aryl methyl sites for hydroxylation is 1. The Hall–Kier alpha value is -1.64. The van der Waals surface area contributed by atoms with Gasteiger partial charge in [0.25, 0.3) is 0 Å². The van der Waals surface area contributed by atoms with E-state index >= 15 is 0 Å². The van der Waals surface area contributed by atoms with E-state index in [-0.39, 0.29) is 6.04 Å². The Morgan fingerprint density at radius 1 is 0.947 bits per heavy atom. The minimum atomic E-state index is 0.242. The van der Waals surface area contributed by atoms with Crippen LogP contribution in [0.4, 0.5) is 0 Å². The van der Waals surface area contributed by atoms with Crippen molar-refractivity contribution in [2.75, 3.05) is 7.05 Å². The largest absolute Gasteiger partial charge is 0.372 e. The number of hydrogen-bond acceptors (Lipinski definition) is 2. The van der Waals surface area contributed by atoms with Crippen molar-refractivity contribution in [3.8, 4) is 0 Å². The Morgan fingerprint density at radius 3 is 2.37 bits per heavy atom. The van der Waals surface area contributed by atoms with Gasteiger partial charge in [-0.2, -0.15) is 0 Å². The summed E-state index contributed by atoms with van der Waals surface area (Å²) >= 11 is 0. The molecule has 1 aliphatic heterocycles. The summed E-state index contributed by atoms with van der Waals surface area (Å²) in [6.07, 6.45) is 0. The molecule has 3 rings (SSSR count). The minimum absolute atomic E-state index is 0.242. The first kappa shape index (κ1) is 12.4. The van der Waals surface area contributed by atoms with Crippen LogP contribution < -0.4 is 5.32 Å². The van der Waals surface area contributed by atoms with Crippen LogP contribution in [0.2, 0.25) is 0 Å². The summed E-state index contributed by atoms with van der Waals surface area (Å²) in [5.74, 6) is 0. The average molecular weight is 253 g/mol. The lowest BCUT2D eigenvalue weighted by Gasteiger charge is -2.18. The first-order valence-electron chi connectivity index (χ1n) is 6.71. The van der Waals surface area contributed by atoms with E-state index in [1.54, 1.807) is 0 Å². The molecule has 2 aromatic carbocycles. The van der Waals surface area contributed by atoms with Crippen molar-refractivity contribution in [3.63, 3.8) is 0 Å². The molecule has 0 amide bonds. The summed E-state index contributed by atoms with van der Waals surface area (Å²) in [4.78, 5) is 0. The second-order valence-corrected chi connectivity index (χ2v) is 5.15. The van der Waals surface area contributed by atoms with Gasteiger partial charge in [0.1, 0.15) is 0 Å². The fourth-order valence-electron chi connectivity index (χ4n) is 2.66. The lowest BCUT2D eigenvalue weighted by molar-refractivity contribution is 0.134. The third-order valence-electron chi connectivity index (χ3n) is 3.78. The molecular formula is C17H19NO. The number of nitrogens with one attached hydrogen (secondary N) is 1. The van der Waals surface area contributed by atoms with Crippen LogP contribution in [0.25, 0.3) is 0 Å². The molecule has 98 valence electrons. The second-order valence-electron chi connectivity index (χ2n) is 5.15. The van der Waals surface area contributed by atoms with Crippen LogP contribution in [0.5, 0.6) is 0 Å². The summed E-state index contributed by atoms with van der Waals surface area (Å²) in [6, 6.07) is 15.6. The molecule has 2 heteroatoms. The van der Waals surface area contributed by atoms with Crippen molar-refractivity contribution >= 4 is 0 Å². The molecule has 2 aromatic rings. The molecule has 19 heavy (non-hydrogen) atoms. The first-order valence-corrected chi connectivity index (χ1v) is 6.71. The second kappa shape index (κ2) is 5.16. The van der Waals surface area contributed by atoms with Crippen LogP contribution in [0.1, 0.15) is 33.9 Å². The molecule has 0 saturated heterocycles. The predicted molar refractivity (Wildman–Crippen MR) is 77.0 cm³/mol. The molecule has 1 N–H and O–H groups in total. The molecule has 1 heterocycles. The zero-order valence-corrected chi connectivity index (χ0v) is 11.4. The third kappa shape index (κ3) is 2.42. The molecule has 0 spiro atoms. The Labute approximate surface area is 114 Å². The van der Waals surface area contributed by atoms with E-state index in [4.69, 9.17) is 4.74 Å². The zero-order chi connectivity index (χ0) is 13.2. The van der Waals surface area contributed by atoms with Gasteiger partial charge in [0.05, 0.1) is 19.3 Å². The molecule has 0 aromatic heterocycles. The SMILES string of the molecule is CNC(c1ccc(C)cc1)c1ccc2c(c1)COC2. The van der Waals surface area contributed by atoms with Crippen molar-refractivity contribution in [3.05, 3.63) is 70.3 Å². The van der Waals surface area contributed by atoms with Gasteiger partial charge in [0.15, 0.2) is 0 Å². The quantitative estimate of drug-likeness (QED) is 0.906. The summed E-state index contributed by atoms with van der Waals surface area (Å²) < 4.78 is 5.48. The third-order valence-corrected chi connectivity index (χ3v) is 3.78. The molecular weight excluding hydrogens is 234 g/mol. The summed E-state index contributed by atoms with van der Waals surface area (Å²) in [7, 11) is 2.01. The lowest BCUT2D eigenvalue weighted by Crippen LogP contribution is -2.17. The topological polar surface area (TPSA) is 21.3 Å². The highest BCUT2D eigenvalue weighted by molar-refractivity contribution is 5.39. The van der Waals surface area contributed by atoms with E-state index in [2.05, 4.69) is 54.7 Å². The van der Waals surface area contributed by atoms with E-state index < -0.39 is 0 Å². The molecule has 1 atom stereocenters. The van der Waals surface area contributed by atoms with Gasteiger partial charge in [0.2, 0.25) is 0 Å². The maximum Gasteiger partial charge on any atom is 0.0725 e. The van der Waals surface area contributed by atoms with Crippen LogP contribution in [0.15, 0.2) is 42.5 Å². The maximum atomic E-state index is 5.48. The molecule has 1 aliphatic rings. The smallest absolute Gasteiger partial charge is 0.0725 e. The monoisotopic (exact) mass is 253 g/mol. The highest BCUT2D eigenvalue weighted by Crippen LogP contribution is 2.27. The zero-order valence-electron chi connectivity index (χ0n) is 11.4. The van der Waals surface area contributed by atoms with Crippen molar-refractivity contribution in [2.45, 2.75) is 26.2 Å². The number of fused-ring (bicyclic) bond motifs is 1. The van der Waals surface area contributed by atoms with Gasteiger partial charge >= 0.3 is 0 Å². The Kier molecular flexibility index (Phi) is 3.36. The molecule has 0 aliphatic carbocycles. The van der Waals surface area contributed by atoms with Crippen molar-refractivity contribution < 1.29 is 4.74 Å². The van der Waals surface area contributed by atoms with E-state index in [0.29, 0.717) is 0 Å². The highest BCUT2D eigenvalue weighted by atomic mass is 16.5. The molecule has 2 nitrogen and oxygen atoms in total. The fraction of sp³-hybridized carbons (Fsp3) is 0.294. The average Bonchev–Trinajstić information content (AvgIpc) is 2.89. The van der Waals surface area contributed by atoms with Gasteiger partial charge in [0, 0.05) is 0 Å². The van der Waals surface area contributed by atoms with Crippen LogP contribution >= 0.6 is 0 Å². The number of rotatable bonds is 3. The highest BCUT2D eigenvalue weighted by Gasteiger charge is 2.16. The van der Waals surface area contributed by atoms with E-state index in [1.165, 1.54) is 27.8 Å². The van der Waals surface area contributed by atoms with Crippen molar-refractivity contribution in [1.29, 1.82) is 0 Å². The van der Waals surface area contributed by atoms with E-state index in [1.807, 2.05) is 7.05 Å². The molecule has 0 fully saturated rings. The van der Waals surface area contributed by atoms with E-state index in [9.17, 15) is 0 Å². The van der Waals surface area contributed by atoms with Gasteiger partial charge < -0.3 is 10.1 Å². The van der Waals surface area contributed by atoms with Crippen LogP contribution in [0, 0.1) is 6.92 Å². The Balaban J connectivity index is 1.96. The predicted octanol–water partition coefficient (Wildman–Crippen LogP) is 3.33. The minimum Gasteiger partial charge on any atom is -0.372 e. The normalized spacial score (nSPS) is 15.3. The number of ether oxygens (including phenoxy) is 1. The van der Waals surface area contributed by atoms with E-state index in [0.717, 1.165) is 13.2 Å². The molecule has 0 bridgehead atoms. The van der Waals surface area contributed by atoms with Gasteiger partial charge in [-0.15, -0.1) is 0 Å². The standard InChI is InChI=1S/C17H19NO/c1-12-3-5-13(6-4-12)17(18-2)14-7-8-15-10-19-11-16(15)9-14/h3-9,17-18H,10-11H2,1-2H3. The number of benzene rings is 2. The summed E-state index contributed by atoms with van der Waals surface area (Å²) in [5, 5.41) is 3.40. The maximum absolute atomic E-state index is 5.48. The molecule has 0 saturated carbocycles.